The van der Waals surface area contributed by atoms with E-state index in [-0.39, 0.29) is 12.4 Å². The fraction of sp³-hybridized carbons (Fsp3) is 0.400. The zero-order valence-electron chi connectivity index (χ0n) is 15.0. The Balaban J connectivity index is 1.45. The van der Waals surface area contributed by atoms with Crippen molar-refractivity contribution in [1.29, 1.82) is 0 Å². The summed E-state index contributed by atoms with van der Waals surface area (Å²) in [6, 6.07) is 14.2. The predicted octanol–water partition coefficient (Wildman–Crippen LogP) is 2.40. The Kier molecular flexibility index (Phi) is 6.30. The van der Waals surface area contributed by atoms with Gasteiger partial charge in [0.05, 0.1) is 12.8 Å². The molecule has 0 aliphatic carbocycles. The maximum atomic E-state index is 13.9. The zero-order valence-corrected chi connectivity index (χ0v) is 15.0. The van der Waals surface area contributed by atoms with Crippen LogP contribution >= 0.6 is 0 Å². The van der Waals surface area contributed by atoms with Gasteiger partial charge in [-0.05, 0) is 24.3 Å². The number of benzene rings is 2. The molecule has 1 saturated heterocycles. The molecule has 5 nitrogen and oxygen atoms in total. The molecule has 0 spiro atoms. The monoisotopic (exact) mass is 360 g/mol. The first-order valence-corrected chi connectivity index (χ1v) is 8.83. The van der Waals surface area contributed by atoms with Crippen molar-refractivity contribution in [3.63, 3.8) is 0 Å². The molecule has 0 aromatic heterocycles. The predicted molar refractivity (Wildman–Crippen MR) is 99.5 cm³/mol. The van der Waals surface area contributed by atoms with Gasteiger partial charge in [-0.25, -0.2) is 4.39 Å². The van der Waals surface area contributed by atoms with E-state index >= 15 is 0 Å². The van der Waals surface area contributed by atoms with Crippen LogP contribution in [0.3, 0.4) is 0 Å². The van der Waals surface area contributed by atoms with Gasteiger partial charge in [0, 0.05) is 32.7 Å². The first kappa shape index (κ1) is 18.5. The number of para-hydroxylation sites is 3. The van der Waals surface area contributed by atoms with E-state index in [9.17, 15) is 9.50 Å². The first-order chi connectivity index (χ1) is 12.7. The maximum Gasteiger partial charge on any atom is 0.161 e. The summed E-state index contributed by atoms with van der Waals surface area (Å²) in [5, 5.41) is 10.3. The second-order valence-electron chi connectivity index (χ2n) is 6.35. The normalized spacial score (nSPS) is 16.3. The smallest absolute Gasteiger partial charge is 0.161 e. The summed E-state index contributed by atoms with van der Waals surface area (Å²) >= 11 is 0. The van der Waals surface area contributed by atoms with Gasteiger partial charge >= 0.3 is 0 Å². The molecule has 1 atom stereocenters. The van der Waals surface area contributed by atoms with Crippen LogP contribution in [0.1, 0.15) is 0 Å². The SMILES string of the molecule is COc1ccccc1OC[C@H](O)CN1CCN(c2ccccc2F)CC1. The molecule has 0 amide bonds. The van der Waals surface area contributed by atoms with Gasteiger partial charge in [-0.15, -0.1) is 0 Å². The van der Waals surface area contributed by atoms with Crippen LogP contribution in [0.2, 0.25) is 0 Å². The van der Waals surface area contributed by atoms with E-state index in [0.717, 1.165) is 26.2 Å². The second kappa shape index (κ2) is 8.87. The van der Waals surface area contributed by atoms with E-state index in [1.807, 2.05) is 35.2 Å². The number of hydrogen-bond donors (Lipinski definition) is 1. The molecule has 26 heavy (non-hydrogen) atoms. The number of ether oxygens (including phenoxy) is 2. The molecule has 0 radical (unpaired) electrons. The van der Waals surface area contributed by atoms with Gasteiger partial charge in [0.2, 0.25) is 0 Å². The number of β-amino-alcohol motifs (C(OH)–C–C–N with tert-alkyl or cyclic N) is 1. The van der Waals surface area contributed by atoms with Gasteiger partial charge in [0.15, 0.2) is 11.5 Å². The van der Waals surface area contributed by atoms with Gasteiger partial charge in [0.25, 0.3) is 0 Å². The van der Waals surface area contributed by atoms with E-state index in [1.165, 1.54) is 6.07 Å². The van der Waals surface area contributed by atoms with E-state index in [2.05, 4.69) is 4.90 Å². The number of aliphatic hydroxyl groups is 1. The van der Waals surface area contributed by atoms with Crippen molar-refractivity contribution in [2.75, 3.05) is 51.3 Å². The average Bonchev–Trinajstić information content (AvgIpc) is 2.68. The molecule has 6 heteroatoms. The van der Waals surface area contributed by atoms with Crippen LogP contribution in [0.4, 0.5) is 10.1 Å². The van der Waals surface area contributed by atoms with Crippen LogP contribution in [-0.2, 0) is 0 Å². The molecule has 1 heterocycles. The topological polar surface area (TPSA) is 45.2 Å². The minimum Gasteiger partial charge on any atom is -0.493 e. The summed E-state index contributed by atoms with van der Waals surface area (Å²) in [6.45, 7) is 3.76. The molecule has 0 bridgehead atoms. The third kappa shape index (κ3) is 4.65. The van der Waals surface area contributed by atoms with Crippen LogP contribution in [0.15, 0.2) is 48.5 Å². The summed E-state index contributed by atoms with van der Waals surface area (Å²) in [6.07, 6.45) is -0.597. The highest BCUT2D eigenvalue weighted by Crippen LogP contribution is 2.26. The molecular formula is C20H25FN2O3. The summed E-state index contributed by atoms with van der Waals surface area (Å²) in [4.78, 5) is 4.22. The molecule has 0 saturated carbocycles. The Morgan fingerprint density at radius 3 is 2.35 bits per heavy atom. The van der Waals surface area contributed by atoms with Crippen LogP contribution < -0.4 is 14.4 Å². The highest BCUT2D eigenvalue weighted by atomic mass is 19.1. The standard InChI is InChI=1S/C20H25FN2O3/c1-25-19-8-4-5-9-20(19)26-15-16(24)14-22-10-12-23(13-11-22)18-7-3-2-6-17(18)21/h2-9,16,24H,10-15H2,1H3/t16-/m1/s1. The quantitative estimate of drug-likeness (QED) is 0.822. The Morgan fingerprint density at radius 1 is 1.00 bits per heavy atom. The number of nitrogens with zero attached hydrogens (tertiary/aromatic N) is 2. The minimum absolute atomic E-state index is 0.189. The molecule has 2 aromatic carbocycles. The lowest BCUT2D eigenvalue weighted by molar-refractivity contribution is 0.0653. The minimum atomic E-state index is -0.597. The lowest BCUT2D eigenvalue weighted by atomic mass is 10.2. The molecule has 2 aromatic rings. The third-order valence-electron chi connectivity index (χ3n) is 4.53. The molecule has 1 aliphatic rings. The molecular weight excluding hydrogens is 335 g/mol. The highest BCUT2D eigenvalue weighted by molar-refractivity contribution is 5.48. The third-order valence-corrected chi connectivity index (χ3v) is 4.53. The molecule has 0 unspecified atom stereocenters. The van der Waals surface area contributed by atoms with Crippen LogP contribution in [0.25, 0.3) is 0 Å². The van der Waals surface area contributed by atoms with Gasteiger partial charge in [0.1, 0.15) is 18.5 Å². The van der Waals surface area contributed by atoms with Gasteiger partial charge in [-0.3, -0.25) is 4.90 Å². The summed E-state index contributed by atoms with van der Waals surface area (Å²) in [5.74, 6) is 1.09. The molecule has 140 valence electrons. The fourth-order valence-electron chi connectivity index (χ4n) is 3.15. The second-order valence-corrected chi connectivity index (χ2v) is 6.35. The summed E-state index contributed by atoms with van der Waals surface area (Å²) in [7, 11) is 1.59. The number of anilines is 1. The van der Waals surface area contributed by atoms with Crippen molar-refractivity contribution in [3.8, 4) is 11.5 Å². The Hall–Kier alpha value is -2.31. The average molecular weight is 360 g/mol. The molecule has 1 fully saturated rings. The summed E-state index contributed by atoms with van der Waals surface area (Å²) < 4.78 is 24.8. The maximum absolute atomic E-state index is 13.9. The van der Waals surface area contributed by atoms with Gasteiger partial charge < -0.3 is 19.5 Å². The Bertz CT molecular complexity index is 705. The Labute approximate surface area is 153 Å². The van der Waals surface area contributed by atoms with E-state index < -0.39 is 6.10 Å². The van der Waals surface area contributed by atoms with E-state index in [1.54, 1.807) is 19.2 Å². The van der Waals surface area contributed by atoms with Crippen molar-refractivity contribution >= 4 is 5.69 Å². The summed E-state index contributed by atoms with van der Waals surface area (Å²) in [5.41, 5.74) is 0.646. The number of hydrogen-bond acceptors (Lipinski definition) is 5. The van der Waals surface area contributed by atoms with Crippen molar-refractivity contribution < 1.29 is 19.0 Å². The van der Waals surface area contributed by atoms with Crippen molar-refractivity contribution in [2.24, 2.45) is 0 Å². The zero-order chi connectivity index (χ0) is 18.4. The van der Waals surface area contributed by atoms with Crippen molar-refractivity contribution in [1.82, 2.24) is 4.90 Å². The fourth-order valence-corrected chi connectivity index (χ4v) is 3.15. The first-order valence-electron chi connectivity index (χ1n) is 8.83. The lowest BCUT2D eigenvalue weighted by Gasteiger charge is -2.36. The van der Waals surface area contributed by atoms with Gasteiger partial charge in [-0.1, -0.05) is 24.3 Å². The number of piperazine rings is 1. The molecule has 1 N–H and O–H groups in total. The number of aliphatic hydroxyl groups excluding tert-OH is 1. The number of halogens is 1. The van der Waals surface area contributed by atoms with E-state index in [4.69, 9.17) is 9.47 Å². The number of rotatable bonds is 7. The van der Waals surface area contributed by atoms with Crippen LogP contribution in [0.5, 0.6) is 11.5 Å². The van der Waals surface area contributed by atoms with Crippen molar-refractivity contribution in [2.45, 2.75) is 6.10 Å². The lowest BCUT2D eigenvalue weighted by Crippen LogP contribution is -2.49. The number of methoxy groups -OCH3 is 1. The van der Waals surface area contributed by atoms with E-state index in [0.29, 0.717) is 23.7 Å². The Morgan fingerprint density at radius 2 is 1.65 bits per heavy atom. The molecule has 1 aliphatic heterocycles. The molecule has 3 rings (SSSR count). The van der Waals surface area contributed by atoms with Gasteiger partial charge in [-0.2, -0.15) is 0 Å². The van der Waals surface area contributed by atoms with Crippen LogP contribution in [0, 0.1) is 5.82 Å². The highest BCUT2D eigenvalue weighted by Gasteiger charge is 2.21. The van der Waals surface area contributed by atoms with Crippen LogP contribution in [-0.4, -0.2) is 62.6 Å². The largest absolute Gasteiger partial charge is 0.493 e. The van der Waals surface area contributed by atoms with Crippen molar-refractivity contribution in [3.05, 3.63) is 54.3 Å².